The Hall–Kier alpha value is -1.37. The van der Waals surface area contributed by atoms with Gasteiger partial charge in [0.15, 0.2) is 0 Å². The van der Waals surface area contributed by atoms with E-state index in [2.05, 4.69) is 10.1 Å². The number of ether oxygens (including phenoxy) is 1. The van der Waals surface area contributed by atoms with Crippen molar-refractivity contribution < 1.29 is 4.74 Å². The van der Waals surface area contributed by atoms with Gasteiger partial charge in [-0.05, 0) is 24.4 Å². The van der Waals surface area contributed by atoms with Crippen molar-refractivity contribution in [2.75, 3.05) is 14.1 Å². The van der Waals surface area contributed by atoms with Gasteiger partial charge in [0.25, 0.3) is 5.17 Å². The molecule has 0 amide bonds. The zero-order valence-corrected chi connectivity index (χ0v) is 13.9. The first-order valence-electron chi connectivity index (χ1n) is 6.12. The summed E-state index contributed by atoms with van der Waals surface area (Å²) in [6.07, 6.45) is 2.69. The molecule has 8 heteroatoms. The predicted molar refractivity (Wildman–Crippen MR) is 86.6 cm³/mol. The summed E-state index contributed by atoms with van der Waals surface area (Å²) >= 11 is 17.4. The lowest BCUT2D eigenvalue weighted by molar-refractivity contribution is 0.147. The van der Waals surface area contributed by atoms with Crippen LogP contribution in [-0.4, -0.2) is 38.9 Å². The Labute approximate surface area is 138 Å². The van der Waals surface area contributed by atoms with E-state index >= 15 is 0 Å². The van der Waals surface area contributed by atoms with Crippen LogP contribution >= 0.6 is 35.4 Å². The van der Waals surface area contributed by atoms with Gasteiger partial charge in [-0.3, -0.25) is 0 Å². The fraction of sp³-hybridized carbons (Fsp3) is 0.308. The monoisotopic (exact) mass is 344 g/mol. The Morgan fingerprint density at radius 3 is 2.76 bits per heavy atom. The molecule has 1 aromatic carbocycles. The standard InChI is InChI=1S/C13H14Cl2N4OS/c1-18(2)13(21)20-12(6-19-8-16-7-17-19)10-4-3-9(14)5-11(10)15/h3-5,7-8,12H,6H2,1-2H3. The van der Waals surface area contributed by atoms with Gasteiger partial charge < -0.3 is 9.64 Å². The Morgan fingerprint density at radius 2 is 2.19 bits per heavy atom. The third kappa shape index (κ3) is 4.30. The van der Waals surface area contributed by atoms with Gasteiger partial charge in [0, 0.05) is 29.7 Å². The van der Waals surface area contributed by atoms with Crippen molar-refractivity contribution >= 4 is 40.6 Å². The molecule has 0 fully saturated rings. The lowest BCUT2D eigenvalue weighted by Crippen LogP contribution is -2.26. The SMILES string of the molecule is CN(C)C(=S)OC(Cn1cncn1)c1ccc(Cl)cc1Cl. The predicted octanol–water partition coefficient (Wildman–Crippen LogP) is 3.19. The van der Waals surface area contributed by atoms with Crippen LogP contribution in [0.15, 0.2) is 30.9 Å². The largest absolute Gasteiger partial charge is 0.461 e. The molecule has 2 rings (SSSR count). The normalized spacial score (nSPS) is 12.0. The Kier molecular flexibility index (Phi) is 5.39. The van der Waals surface area contributed by atoms with E-state index in [1.54, 1.807) is 28.0 Å². The van der Waals surface area contributed by atoms with Gasteiger partial charge in [-0.1, -0.05) is 29.3 Å². The van der Waals surface area contributed by atoms with E-state index in [0.29, 0.717) is 21.8 Å². The van der Waals surface area contributed by atoms with E-state index in [4.69, 9.17) is 40.2 Å². The summed E-state index contributed by atoms with van der Waals surface area (Å²) in [6, 6.07) is 5.26. The van der Waals surface area contributed by atoms with Crippen molar-refractivity contribution in [2.45, 2.75) is 12.6 Å². The smallest absolute Gasteiger partial charge is 0.259 e. The molecule has 0 aliphatic heterocycles. The number of hydrogen-bond acceptors (Lipinski definition) is 4. The average Bonchev–Trinajstić information content (AvgIpc) is 2.90. The average molecular weight is 345 g/mol. The molecule has 2 aromatic rings. The first-order chi connectivity index (χ1) is 9.97. The van der Waals surface area contributed by atoms with E-state index in [-0.39, 0.29) is 6.10 Å². The molecule has 0 aliphatic rings. The number of thiocarbonyl (C=S) groups is 1. The quantitative estimate of drug-likeness (QED) is 0.797. The van der Waals surface area contributed by atoms with Crippen LogP contribution in [0.5, 0.6) is 0 Å². The molecule has 1 aromatic heterocycles. The molecule has 0 saturated heterocycles. The molecule has 0 aliphatic carbocycles. The van der Waals surface area contributed by atoms with E-state index < -0.39 is 0 Å². The van der Waals surface area contributed by atoms with Crippen molar-refractivity contribution in [3.63, 3.8) is 0 Å². The molecule has 0 N–H and O–H groups in total. The number of benzene rings is 1. The van der Waals surface area contributed by atoms with Gasteiger partial charge in [0.1, 0.15) is 18.8 Å². The van der Waals surface area contributed by atoms with Gasteiger partial charge >= 0.3 is 0 Å². The highest BCUT2D eigenvalue weighted by molar-refractivity contribution is 7.80. The third-order valence-electron chi connectivity index (χ3n) is 2.74. The third-order valence-corrected chi connectivity index (χ3v) is 3.76. The van der Waals surface area contributed by atoms with Crippen molar-refractivity contribution in [1.82, 2.24) is 19.7 Å². The maximum absolute atomic E-state index is 6.26. The Bertz CT molecular complexity index is 619. The van der Waals surface area contributed by atoms with Gasteiger partial charge in [0.05, 0.1) is 6.54 Å². The van der Waals surface area contributed by atoms with Crippen molar-refractivity contribution in [3.05, 3.63) is 46.5 Å². The fourth-order valence-corrected chi connectivity index (χ4v) is 2.33. The van der Waals surface area contributed by atoms with Crippen LogP contribution in [0.1, 0.15) is 11.7 Å². The molecule has 0 bridgehead atoms. The minimum Gasteiger partial charge on any atom is -0.461 e. The second-order valence-electron chi connectivity index (χ2n) is 4.55. The number of hydrogen-bond donors (Lipinski definition) is 0. The van der Waals surface area contributed by atoms with E-state index in [1.807, 2.05) is 20.2 Å². The summed E-state index contributed by atoms with van der Waals surface area (Å²) in [5, 5.41) is 5.54. The molecular weight excluding hydrogens is 331 g/mol. The second-order valence-corrected chi connectivity index (χ2v) is 5.74. The Balaban J connectivity index is 2.28. The van der Waals surface area contributed by atoms with E-state index in [0.717, 1.165) is 5.56 Å². The molecule has 1 heterocycles. The van der Waals surface area contributed by atoms with Crippen LogP contribution in [0.25, 0.3) is 0 Å². The maximum Gasteiger partial charge on any atom is 0.259 e. The second kappa shape index (κ2) is 7.06. The lowest BCUT2D eigenvalue weighted by Gasteiger charge is -2.23. The molecule has 5 nitrogen and oxygen atoms in total. The fourth-order valence-electron chi connectivity index (χ4n) is 1.69. The molecule has 0 spiro atoms. The molecule has 112 valence electrons. The molecule has 1 unspecified atom stereocenters. The molecule has 21 heavy (non-hydrogen) atoms. The van der Waals surface area contributed by atoms with Gasteiger partial charge in [-0.25, -0.2) is 9.67 Å². The first kappa shape index (κ1) is 16.0. The minimum absolute atomic E-state index is 0.367. The van der Waals surface area contributed by atoms with Crippen LogP contribution in [0.4, 0.5) is 0 Å². The summed E-state index contributed by atoms with van der Waals surface area (Å²) < 4.78 is 7.49. The maximum atomic E-state index is 6.26. The van der Waals surface area contributed by atoms with Crippen molar-refractivity contribution in [3.8, 4) is 0 Å². The van der Waals surface area contributed by atoms with Crippen molar-refractivity contribution in [1.29, 1.82) is 0 Å². The summed E-state index contributed by atoms with van der Waals surface area (Å²) in [6.45, 7) is 0.440. The van der Waals surface area contributed by atoms with E-state index in [9.17, 15) is 0 Å². The summed E-state index contributed by atoms with van der Waals surface area (Å²) in [4.78, 5) is 5.63. The highest BCUT2D eigenvalue weighted by Crippen LogP contribution is 2.29. The van der Waals surface area contributed by atoms with E-state index in [1.165, 1.54) is 6.33 Å². The van der Waals surface area contributed by atoms with Crippen LogP contribution in [0.3, 0.4) is 0 Å². The van der Waals surface area contributed by atoms with Crippen LogP contribution < -0.4 is 0 Å². The van der Waals surface area contributed by atoms with Crippen molar-refractivity contribution in [2.24, 2.45) is 0 Å². The minimum atomic E-state index is -0.383. The highest BCUT2D eigenvalue weighted by Gasteiger charge is 2.20. The first-order valence-corrected chi connectivity index (χ1v) is 7.29. The van der Waals surface area contributed by atoms with Gasteiger partial charge in [-0.15, -0.1) is 0 Å². The highest BCUT2D eigenvalue weighted by atomic mass is 35.5. The lowest BCUT2D eigenvalue weighted by atomic mass is 10.1. The number of aromatic nitrogens is 3. The molecular formula is C13H14Cl2N4OS. The number of halogens is 2. The number of rotatable bonds is 4. The van der Waals surface area contributed by atoms with Crippen LogP contribution in [0, 0.1) is 0 Å². The van der Waals surface area contributed by atoms with Gasteiger partial charge in [0.2, 0.25) is 0 Å². The summed E-state index contributed by atoms with van der Waals surface area (Å²) in [7, 11) is 3.64. The zero-order chi connectivity index (χ0) is 15.4. The van der Waals surface area contributed by atoms with Crippen LogP contribution in [0.2, 0.25) is 10.0 Å². The molecule has 1 atom stereocenters. The summed E-state index contributed by atoms with van der Waals surface area (Å²) in [5.41, 5.74) is 0.792. The Morgan fingerprint density at radius 1 is 1.43 bits per heavy atom. The van der Waals surface area contributed by atoms with Crippen LogP contribution in [-0.2, 0) is 11.3 Å². The topological polar surface area (TPSA) is 43.2 Å². The number of nitrogens with zero attached hydrogens (tertiary/aromatic N) is 4. The van der Waals surface area contributed by atoms with Gasteiger partial charge in [-0.2, -0.15) is 5.10 Å². The molecule has 0 saturated carbocycles. The zero-order valence-electron chi connectivity index (χ0n) is 11.5. The summed E-state index contributed by atoms with van der Waals surface area (Å²) in [5.74, 6) is 0. The molecule has 0 radical (unpaired) electrons.